The monoisotopic (exact) mass is 480 g/mol. The van der Waals surface area contributed by atoms with Gasteiger partial charge in [0.1, 0.15) is 0 Å². The lowest BCUT2D eigenvalue weighted by Gasteiger charge is -2.16. The molecule has 5 nitrogen and oxygen atoms in total. The minimum Gasteiger partial charge on any atom is -0.383 e. The van der Waals surface area contributed by atoms with Crippen molar-refractivity contribution in [1.29, 1.82) is 0 Å². The van der Waals surface area contributed by atoms with E-state index in [1.54, 1.807) is 42.0 Å². The van der Waals surface area contributed by atoms with Gasteiger partial charge >= 0.3 is 0 Å². The van der Waals surface area contributed by atoms with E-state index >= 15 is 0 Å². The largest absolute Gasteiger partial charge is 0.383 e. The van der Waals surface area contributed by atoms with Crippen LogP contribution in [0.3, 0.4) is 0 Å². The van der Waals surface area contributed by atoms with E-state index < -0.39 is 5.25 Å². The Morgan fingerprint density at radius 2 is 2.00 bits per heavy atom. The maximum atomic E-state index is 12.9. The van der Waals surface area contributed by atoms with Gasteiger partial charge < -0.3 is 4.74 Å². The summed E-state index contributed by atoms with van der Waals surface area (Å²) in [7, 11) is 1.58. The quantitative estimate of drug-likeness (QED) is 0.275. The van der Waals surface area contributed by atoms with Gasteiger partial charge in [-0.2, -0.15) is 0 Å². The summed E-state index contributed by atoms with van der Waals surface area (Å²) >= 11 is 10.7. The number of halogens is 2. The number of ketones is 1. The minimum atomic E-state index is -0.418. The fourth-order valence-electron chi connectivity index (χ4n) is 2.70. The molecule has 0 bridgehead atoms. The molecule has 8 heteroatoms. The molecule has 0 aliphatic carbocycles. The van der Waals surface area contributed by atoms with Crippen molar-refractivity contribution in [2.45, 2.75) is 23.9 Å². The third kappa shape index (κ3) is 4.66. The summed E-state index contributed by atoms with van der Waals surface area (Å²) in [5.74, 6) is -0.0313. The molecule has 0 radical (unpaired) electrons. The van der Waals surface area contributed by atoms with Crippen LogP contribution in [-0.2, 0) is 11.3 Å². The first-order valence-corrected chi connectivity index (χ1v) is 10.6. The van der Waals surface area contributed by atoms with Crippen molar-refractivity contribution in [3.63, 3.8) is 0 Å². The molecule has 0 saturated carbocycles. The molecule has 3 rings (SSSR count). The maximum Gasteiger partial charge on any atom is 0.262 e. The highest BCUT2D eigenvalue weighted by Gasteiger charge is 2.20. The van der Waals surface area contributed by atoms with E-state index in [9.17, 15) is 9.59 Å². The van der Waals surface area contributed by atoms with Crippen LogP contribution in [-0.4, -0.2) is 34.3 Å². The lowest BCUT2D eigenvalue weighted by molar-refractivity contribution is 0.0994. The third-order valence-corrected chi connectivity index (χ3v) is 6.04. The van der Waals surface area contributed by atoms with Crippen molar-refractivity contribution < 1.29 is 9.53 Å². The van der Waals surface area contributed by atoms with E-state index in [1.807, 2.05) is 19.1 Å². The smallest absolute Gasteiger partial charge is 0.262 e. The highest BCUT2D eigenvalue weighted by Crippen LogP contribution is 2.26. The van der Waals surface area contributed by atoms with Gasteiger partial charge in [-0.05, 0) is 37.3 Å². The molecule has 0 fully saturated rings. The normalized spacial score (nSPS) is 12.3. The first-order chi connectivity index (χ1) is 13.4. The summed E-state index contributed by atoms with van der Waals surface area (Å²) in [6.07, 6.45) is 0. The van der Waals surface area contributed by atoms with Gasteiger partial charge in [-0.3, -0.25) is 14.2 Å². The van der Waals surface area contributed by atoms with Crippen LogP contribution >= 0.6 is 39.3 Å². The standard InChI is InChI=1S/C20H18BrClN2O3S/c1-12(18(25)13-3-5-14(21)6-4-13)28-20-23-17-11-15(22)7-8-16(17)19(26)24(20)9-10-27-2/h3-8,11-12H,9-10H2,1-2H3/t12-/m0/s1. The van der Waals surface area contributed by atoms with Crippen LogP contribution in [0.1, 0.15) is 17.3 Å². The molecular weight excluding hydrogens is 464 g/mol. The molecule has 0 saturated heterocycles. The Bertz CT molecular complexity index is 1070. The van der Waals surface area contributed by atoms with Crippen LogP contribution in [0.5, 0.6) is 0 Å². The van der Waals surface area contributed by atoms with E-state index in [-0.39, 0.29) is 11.3 Å². The van der Waals surface area contributed by atoms with Gasteiger partial charge in [-0.1, -0.05) is 51.4 Å². The van der Waals surface area contributed by atoms with Crippen LogP contribution in [0.4, 0.5) is 0 Å². The summed E-state index contributed by atoms with van der Waals surface area (Å²) in [6.45, 7) is 2.52. The van der Waals surface area contributed by atoms with Crippen molar-refractivity contribution in [1.82, 2.24) is 9.55 Å². The van der Waals surface area contributed by atoms with Gasteiger partial charge in [0.25, 0.3) is 5.56 Å². The van der Waals surface area contributed by atoms with Gasteiger partial charge in [0.15, 0.2) is 10.9 Å². The first kappa shape index (κ1) is 21.0. The number of carbonyl (C=O) groups excluding carboxylic acids is 1. The van der Waals surface area contributed by atoms with E-state index in [4.69, 9.17) is 16.3 Å². The number of carbonyl (C=O) groups is 1. The van der Waals surface area contributed by atoms with Crippen LogP contribution in [0.15, 0.2) is 56.9 Å². The Kier molecular flexibility index (Phi) is 6.93. The second kappa shape index (κ2) is 9.22. The molecule has 28 heavy (non-hydrogen) atoms. The van der Waals surface area contributed by atoms with Crippen LogP contribution in [0.2, 0.25) is 5.02 Å². The zero-order valence-electron chi connectivity index (χ0n) is 15.3. The molecular formula is C20H18BrClN2O3S. The number of thioether (sulfide) groups is 1. The summed E-state index contributed by atoms with van der Waals surface area (Å²) in [5.41, 5.74) is 0.944. The second-order valence-electron chi connectivity index (χ2n) is 6.14. The molecule has 146 valence electrons. The number of aromatic nitrogens is 2. The van der Waals surface area contributed by atoms with Crippen molar-refractivity contribution in [3.8, 4) is 0 Å². The molecule has 0 aliphatic rings. The molecule has 3 aromatic rings. The highest BCUT2D eigenvalue weighted by atomic mass is 79.9. The summed E-state index contributed by atoms with van der Waals surface area (Å²) in [5, 5.41) is 1.04. The predicted octanol–water partition coefficient (Wildman–Crippen LogP) is 4.82. The fourth-order valence-corrected chi connectivity index (χ4v) is 4.15. The molecule has 0 N–H and O–H groups in total. The summed E-state index contributed by atoms with van der Waals surface area (Å²) in [6, 6.07) is 12.2. The van der Waals surface area contributed by atoms with Crippen LogP contribution < -0.4 is 5.56 Å². The number of Topliss-reactive ketones (excluding diaryl/α,β-unsaturated/α-hetero) is 1. The summed E-state index contributed by atoms with van der Waals surface area (Å²) in [4.78, 5) is 30.3. The zero-order chi connectivity index (χ0) is 20.3. The number of rotatable bonds is 7. The highest BCUT2D eigenvalue weighted by molar-refractivity contribution is 9.10. The molecule has 1 atom stereocenters. The number of nitrogens with zero attached hydrogens (tertiary/aromatic N) is 2. The van der Waals surface area contributed by atoms with E-state index in [2.05, 4.69) is 20.9 Å². The lowest BCUT2D eigenvalue weighted by Crippen LogP contribution is -2.26. The minimum absolute atomic E-state index is 0.0313. The molecule has 0 spiro atoms. The third-order valence-electron chi connectivity index (χ3n) is 4.18. The number of benzene rings is 2. The van der Waals surface area contributed by atoms with Gasteiger partial charge in [-0.25, -0.2) is 4.98 Å². The number of ether oxygens (including phenoxy) is 1. The lowest BCUT2D eigenvalue weighted by atomic mass is 10.1. The van der Waals surface area contributed by atoms with Crippen LogP contribution in [0.25, 0.3) is 10.9 Å². The molecule has 0 aliphatic heterocycles. The van der Waals surface area contributed by atoms with E-state index in [0.29, 0.717) is 39.8 Å². The Labute approximate surface area is 180 Å². The van der Waals surface area contributed by atoms with Gasteiger partial charge in [0, 0.05) is 22.2 Å². The predicted molar refractivity (Wildman–Crippen MR) is 117 cm³/mol. The van der Waals surface area contributed by atoms with E-state index in [0.717, 1.165) is 4.47 Å². The Morgan fingerprint density at radius 1 is 1.29 bits per heavy atom. The summed E-state index contributed by atoms with van der Waals surface area (Å²) < 4.78 is 7.59. The fraction of sp³-hybridized carbons (Fsp3) is 0.250. The molecule has 0 unspecified atom stereocenters. The van der Waals surface area contributed by atoms with Gasteiger partial charge in [0.2, 0.25) is 0 Å². The number of hydrogen-bond donors (Lipinski definition) is 0. The van der Waals surface area contributed by atoms with Gasteiger partial charge in [-0.15, -0.1) is 0 Å². The van der Waals surface area contributed by atoms with Crippen molar-refractivity contribution >= 4 is 56.0 Å². The zero-order valence-corrected chi connectivity index (χ0v) is 18.5. The average Bonchev–Trinajstić information content (AvgIpc) is 2.67. The molecule has 2 aromatic carbocycles. The van der Waals surface area contributed by atoms with Crippen molar-refractivity contribution in [3.05, 3.63) is 67.9 Å². The van der Waals surface area contributed by atoms with Gasteiger partial charge in [0.05, 0.1) is 29.3 Å². The van der Waals surface area contributed by atoms with Crippen molar-refractivity contribution in [2.24, 2.45) is 0 Å². The number of fused-ring (bicyclic) bond motifs is 1. The SMILES string of the molecule is COCCn1c(S[C@@H](C)C(=O)c2ccc(Br)cc2)nc2cc(Cl)ccc2c1=O. The molecule has 1 aromatic heterocycles. The number of methoxy groups -OCH3 is 1. The first-order valence-electron chi connectivity index (χ1n) is 8.56. The second-order valence-corrected chi connectivity index (χ2v) is 8.80. The Morgan fingerprint density at radius 3 is 2.68 bits per heavy atom. The number of hydrogen-bond acceptors (Lipinski definition) is 5. The average molecular weight is 482 g/mol. The Hall–Kier alpha value is -1.67. The topological polar surface area (TPSA) is 61.2 Å². The maximum absolute atomic E-state index is 12.9. The molecule has 0 amide bonds. The van der Waals surface area contributed by atoms with Crippen molar-refractivity contribution in [2.75, 3.05) is 13.7 Å². The van der Waals surface area contributed by atoms with E-state index in [1.165, 1.54) is 11.8 Å². The van der Waals surface area contributed by atoms with Crippen LogP contribution in [0, 0.1) is 0 Å². The Balaban J connectivity index is 1.98. The molecule has 1 heterocycles.